The lowest BCUT2D eigenvalue weighted by molar-refractivity contribution is 0.490. The average Bonchev–Trinajstić information content (AvgIpc) is 2.29. The van der Waals surface area contributed by atoms with E-state index in [2.05, 4.69) is 5.92 Å². The van der Waals surface area contributed by atoms with Gasteiger partial charge in [0.05, 0.1) is 0 Å². The van der Waals surface area contributed by atoms with Gasteiger partial charge in [-0.25, -0.2) is 0 Å². The summed E-state index contributed by atoms with van der Waals surface area (Å²) in [6, 6.07) is 0. The van der Waals surface area contributed by atoms with E-state index in [4.69, 9.17) is 6.42 Å². The topological polar surface area (TPSA) is 20.3 Å². The van der Waals surface area contributed by atoms with Crippen molar-refractivity contribution >= 4 is 7.29 Å². The van der Waals surface area contributed by atoms with Gasteiger partial charge < -0.3 is 4.57 Å². The molecule has 1 aliphatic heterocycles. The molecule has 1 aliphatic rings. The zero-order chi connectivity index (χ0) is 8.48. The Morgan fingerprint density at radius 1 is 1.82 bits per heavy atom. The Morgan fingerprint density at radius 3 is 2.73 bits per heavy atom. The Morgan fingerprint density at radius 2 is 2.45 bits per heavy atom. The van der Waals surface area contributed by atoms with Crippen LogP contribution >= 0.6 is 7.29 Å². The number of terminal acetylenes is 1. The lowest BCUT2D eigenvalue weighted by Gasteiger charge is -2.17. The first-order valence-corrected chi connectivity index (χ1v) is 5.91. The van der Waals surface area contributed by atoms with E-state index in [1.54, 1.807) is 0 Å². The molecule has 1 heterocycles. The summed E-state index contributed by atoms with van der Waals surface area (Å²) in [6.07, 6.45) is 6.74. The molecular weight excluding hydrogens is 157 g/mol. The van der Waals surface area contributed by atoms with Crippen molar-refractivity contribution < 1.29 is 4.57 Å². The van der Waals surface area contributed by atoms with Gasteiger partial charge in [0.1, 0.15) is 0 Å². The van der Waals surface area contributed by atoms with Crippen molar-refractivity contribution in [3.8, 4) is 12.3 Å². The molecule has 0 aliphatic carbocycles. The van der Waals surface area contributed by atoms with Gasteiger partial charge in [-0.1, -0.05) is 6.92 Å². The molecule has 2 nitrogen and oxygen atoms in total. The van der Waals surface area contributed by atoms with E-state index in [1.807, 2.05) is 18.6 Å². The van der Waals surface area contributed by atoms with E-state index in [1.165, 1.54) is 0 Å². The molecule has 11 heavy (non-hydrogen) atoms. The standard InChI is InChI=1S/C8H14NOP/c1-4-8-6-9(3)11(10,5-2)7-8/h1,8H,5-7H2,2-3H3. The van der Waals surface area contributed by atoms with Gasteiger partial charge >= 0.3 is 0 Å². The van der Waals surface area contributed by atoms with Gasteiger partial charge in [0.2, 0.25) is 0 Å². The molecule has 0 aromatic heterocycles. The van der Waals surface area contributed by atoms with Crippen LogP contribution in [-0.2, 0) is 4.57 Å². The van der Waals surface area contributed by atoms with Gasteiger partial charge in [-0.3, -0.25) is 4.67 Å². The molecule has 0 aromatic rings. The summed E-state index contributed by atoms with van der Waals surface area (Å²) in [4.78, 5) is 0. The van der Waals surface area contributed by atoms with Crippen LogP contribution in [-0.4, -0.2) is 30.6 Å². The number of nitrogens with zero attached hydrogens (tertiary/aromatic N) is 1. The van der Waals surface area contributed by atoms with Crippen molar-refractivity contribution in [1.82, 2.24) is 4.67 Å². The molecule has 1 saturated heterocycles. The highest BCUT2D eigenvalue weighted by Gasteiger charge is 2.36. The molecule has 0 radical (unpaired) electrons. The zero-order valence-corrected chi connectivity index (χ0v) is 7.97. The second kappa shape index (κ2) is 3.01. The summed E-state index contributed by atoms with van der Waals surface area (Å²) in [5, 5.41) is 0. The van der Waals surface area contributed by atoms with Gasteiger partial charge in [-0.2, -0.15) is 0 Å². The number of hydrogen-bond acceptors (Lipinski definition) is 1. The molecular formula is C8H14NOP. The minimum atomic E-state index is -2.02. The third-order valence-electron chi connectivity index (χ3n) is 2.34. The maximum Gasteiger partial charge on any atom is 0.151 e. The largest absolute Gasteiger partial charge is 0.307 e. The van der Waals surface area contributed by atoms with Crippen molar-refractivity contribution in [3.05, 3.63) is 0 Å². The average molecular weight is 171 g/mol. The van der Waals surface area contributed by atoms with Crippen LogP contribution in [0.4, 0.5) is 0 Å². The smallest absolute Gasteiger partial charge is 0.151 e. The molecule has 0 saturated carbocycles. The second-order valence-electron chi connectivity index (χ2n) is 3.05. The fourth-order valence-corrected chi connectivity index (χ4v) is 3.91. The Balaban J connectivity index is 2.75. The molecule has 3 heteroatoms. The number of hydrogen-bond donors (Lipinski definition) is 0. The van der Waals surface area contributed by atoms with Gasteiger partial charge in [0, 0.05) is 24.8 Å². The predicted molar refractivity (Wildman–Crippen MR) is 48.0 cm³/mol. The van der Waals surface area contributed by atoms with Crippen molar-refractivity contribution in [2.45, 2.75) is 6.92 Å². The highest BCUT2D eigenvalue weighted by molar-refractivity contribution is 7.61. The van der Waals surface area contributed by atoms with E-state index in [0.717, 1.165) is 18.9 Å². The summed E-state index contributed by atoms with van der Waals surface area (Å²) in [5.74, 6) is 2.88. The van der Waals surface area contributed by atoms with Gasteiger partial charge in [-0.05, 0) is 7.05 Å². The molecule has 1 rings (SSSR count). The monoisotopic (exact) mass is 171 g/mol. The first-order valence-electron chi connectivity index (χ1n) is 3.88. The lowest BCUT2D eigenvalue weighted by Crippen LogP contribution is -2.11. The molecule has 62 valence electrons. The van der Waals surface area contributed by atoms with Crippen LogP contribution in [0, 0.1) is 18.3 Å². The van der Waals surface area contributed by atoms with Crippen LogP contribution in [0.1, 0.15) is 6.92 Å². The maximum absolute atomic E-state index is 11.9. The van der Waals surface area contributed by atoms with Crippen LogP contribution < -0.4 is 0 Å². The van der Waals surface area contributed by atoms with Crippen molar-refractivity contribution in [2.75, 3.05) is 25.9 Å². The fraction of sp³-hybridized carbons (Fsp3) is 0.750. The second-order valence-corrected chi connectivity index (χ2v) is 6.42. The first kappa shape index (κ1) is 8.84. The SMILES string of the molecule is C#CC1CN(C)P(=O)(CC)C1. The summed E-state index contributed by atoms with van der Waals surface area (Å²) in [6.45, 7) is 2.78. The van der Waals surface area contributed by atoms with E-state index < -0.39 is 7.29 Å². The highest BCUT2D eigenvalue weighted by atomic mass is 31.2. The third kappa shape index (κ3) is 1.50. The molecule has 2 atom stereocenters. The van der Waals surface area contributed by atoms with Crippen LogP contribution in [0.15, 0.2) is 0 Å². The summed E-state index contributed by atoms with van der Waals surface area (Å²) < 4.78 is 13.9. The van der Waals surface area contributed by atoms with E-state index >= 15 is 0 Å². The minimum absolute atomic E-state index is 0.214. The maximum atomic E-state index is 11.9. The Kier molecular flexibility index (Phi) is 2.42. The van der Waals surface area contributed by atoms with Gasteiger partial charge in [0.25, 0.3) is 0 Å². The van der Waals surface area contributed by atoms with Gasteiger partial charge in [0.15, 0.2) is 7.29 Å². The first-order chi connectivity index (χ1) is 5.12. The van der Waals surface area contributed by atoms with Crippen molar-refractivity contribution in [1.29, 1.82) is 0 Å². The quantitative estimate of drug-likeness (QED) is 0.440. The summed E-state index contributed by atoms with van der Waals surface area (Å²) in [7, 11) is -0.119. The molecule has 0 amide bonds. The van der Waals surface area contributed by atoms with Crippen LogP contribution in [0.3, 0.4) is 0 Å². The normalized spacial score (nSPS) is 38.8. The van der Waals surface area contributed by atoms with Crippen LogP contribution in [0.5, 0.6) is 0 Å². The molecule has 0 bridgehead atoms. The zero-order valence-electron chi connectivity index (χ0n) is 7.08. The Bertz CT molecular complexity index is 231. The van der Waals surface area contributed by atoms with Crippen LogP contribution in [0.25, 0.3) is 0 Å². The Labute approximate surface area is 68.4 Å². The van der Waals surface area contributed by atoms with Crippen LogP contribution in [0.2, 0.25) is 0 Å². The van der Waals surface area contributed by atoms with E-state index in [-0.39, 0.29) is 5.92 Å². The number of rotatable bonds is 1. The minimum Gasteiger partial charge on any atom is -0.307 e. The summed E-state index contributed by atoms with van der Waals surface area (Å²) >= 11 is 0. The van der Waals surface area contributed by atoms with Crippen molar-refractivity contribution in [2.24, 2.45) is 5.92 Å². The lowest BCUT2D eigenvalue weighted by atomic mass is 10.2. The molecule has 0 aromatic carbocycles. The molecule has 2 unspecified atom stereocenters. The van der Waals surface area contributed by atoms with E-state index in [0.29, 0.717) is 0 Å². The third-order valence-corrected chi connectivity index (χ3v) is 5.75. The molecule has 0 N–H and O–H groups in total. The highest BCUT2D eigenvalue weighted by Crippen LogP contribution is 2.54. The molecule has 0 spiro atoms. The molecule has 1 fully saturated rings. The van der Waals surface area contributed by atoms with Gasteiger partial charge in [-0.15, -0.1) is 12.3 Å². The fourth-order valence-electron chi connectivity index (χ4n) is 1.49. The summed E-state index contributed by atoms with van der Waals surface area (Å²) in [5.41, 5.74) is 0. The van der Waals surface area contributed by atoms with E-state index in [9.17, 15) is 4.57 Å². The van der Waals surface area contributed by atoms with Crippen molar-refractivity contribution in [3.63, 3.8) is 0 Å². The Hall–Kier alpha value is -0.250. The predicted octanol–water partition coefficient (Wildman–Crippen LogP) is 1.48.